The lowest BCUT2D eigenvalue weighted by Gasteiger charge is -2.08. The third kappa shape index (κ3) is 2.03. The Kier molecular flexibility index (Phi) is 2.95. The van der Waals surface area contributed by atoms with E-state index in [1.165, 1.54) is 6.20 Å². The molecule has 0 fully saturated rings. The molecule has 0 amide bonds. The van der Waals surface area contributed by atoms with Crippen LogP contribution in [0.3, 0.4) is 0 Å². The van der Waals surface area contributed by atoms with Gasteiger partial charge in [0.2, 0.25) is 5.95 Å². The molecule has 0 aliphatic rings. The molecule has 4 nitrogen and oxygen atoms in total. The van der Waals surface area contributed by atoms with Crippen molar-refractivity contribution in [1.82, 2.24) is 9.55 Å². The SMILES string of the molecule is O=C(O)c1cc2ccccc2n1Cc1cccnc1F. The molecule has 0 saturated carbocycles. The summed E-state index contributed by atoms with van der Waals surface area (Å²) in [5, 5.41) is 10.1. The van der Waals surface area contributed by atoms with E-state index in [0.29, 0.717) is 5.56 Å². The Labute approximate surface area is 114 Å². The fourth-order valence-electron chi connectivity index (χ4n) is 2.27. The van der Waals surface area contributed by atoms with E-state index >= 15 is 0 Å². The number of hydrogen-bond acceptors (Lipinski definition) is 2. The van der Waals surface area contributed by atoms with E-state index in [2.05, 4.69) is 4.98 Å². The van der Waals surface area contributed by atoms with Gasteiger partial charge < -0.3 is 9.67 Å². The maximum absolute atomic E-state index is 13.6. The molecule has 0 saturated heterocycles. The van der Waals surface area contributed by atoms with Crippen LogP contribution in [0.2, 0.25) is 0 Å². The van der Waals surface area contributed by atoms with Crippen molar-refractivity contribution in [2.24, 2.45) is 0 Å². The van der Waals surface area contributed by atoms with E-state index in [0.717, 1.165) is 10.9 Å². The predicted octanol–water partition coefficient (Wildman–Crippen LogP) is 2.92. The summed E-state index contributed by atoms with van der Waals surface area (Å²) in [5.74, 6) is -1.62. The first kappa shape index (κ1) is 12.3. The van der Waals surface area contributed by atoms with Gasteiger partial charge in [-0.2, -0.15) is 4.39 Å². The number of hydrogen-bond donors (Lipinski definition) is 1. The highest BCUT2D eigenvalue weighted by molar-refractivity contribution is 5.94. The first-order chi connectivity index (χ1) is 9.66. The van der Waals surface area contributed by atoms with E-state index in [-0.39, 0.29) is 12.2 Å². The van der Waals surface area contributed by atoms with Crippen LogP contribution in [0.15, 0.2) is 48.7 Å². The van der Waals surface area contributed by atoms with Crippen LogP contribution in [0.4, 0.5) is 4.39 Å². The average Bonchev–Trinajstić information content (AvgIpc) is 2.81. The second kappa shape index (κ2) is 4.77. The van der Waals surface area contributed by atoms with Gasteiger partial charge in [0.15, 0.2) is 0 Å². The van der Waals surface area contributed by atoms with E-state index in [1.807, 2.05) is 24.3 Å². The van der Waals surface area contributed by atoms with Crippen molar-refractivity contribution in [3.05, 3.63) is 65.9 Å². The third-order valence-electron chi connectivity index (χ3n) is 3.19. The van der Waals surface area contributed by atoms with E-state index in [9.17, 15) is 14.3 Å². The van der Waals surface area contributed by atoms with Gasteiger partial charge in [0.25, 0.3) is 0 Å². The molecule has 3 rings (SSSR count). The van der Waals surface area contributed by atoms with Crippen molar-refractivity contribution in [3.63, 3.8) is 0 Å². The summed E-state index contributed by atoms with van der Waals surface area (Å²) < 4.78 is 15.2. The van der Waals surface area contributed by atoms with Gasteiger partial charge in [-0.25, -0.2) is 9.78 Å². The minimum atomic E-state index is -1.04. The molecule has 2 heterocycles. The summed E-state index contributed by atoms with van der Waals surface area (Å²) in [5.41, 5.74) is 1.25. The van der Waals surface area contributed by atoms with Crippen LogP contribution in [0, 0.1) is 5.95 Å². The van der Waals surface area contributed by atoms with Crippen molar-refractivity contribution >= 4 is 16.9 Å². The van der Waals surface area contributed by atoms with Crippen molar-refractivity contribution < 1.29 is 14.3 Å². The number of rotatable bonds is 3. The van der Waals surface area contributed by atoms with Crippen LogP contribution < -0.4 is 0 Å². The van der Waals surface area contributed by atoms with E-state index in [1.54, 1.807) is 22.8 Å². The normalized spacial score (nSPS) is 10.8. The number of carbonyl (C=O) groups is 1. The highest BCUT2D eigenvalue weighted by Crippen LogP contribution is 2.21. The van der Waals surface area contributed by atoms with Crippen LogP contribution in [-0.2, 0) is 6.54 Å². The zero-order valence-electron chi connectivity index (χ0n) is 10.5. The highest BCUT2D eigenvalue weighted by atomic mass is 19.1. The summed E-state index contributed by atoms with van der Waals surface area (Å²) in [6.45, 7) is 0.134. The summed E-state index contributed by atoms with van der Waals surface area (Å²) >= 11 is 0. The molecule has 0 aliphatic heterocycles. The van der Waals surface area contributed by atoms with Gasteiger partial charge >= 0.3 is 5.97 Å². The largest absolute Gasteiger partial charge is 0.477 e. The first-order valence-corrected chi connectivity index (χ1v) is 6.08. The summed E-state index contributed by atoms with van der Waals surface area (Å²) in [6, 6.07) is 12.1. The Morgan fingerprint density at radius 3 is 2.80 bits per heavy atom. The Hall–Kier alpha value is -2.69. The van der Waals surface area contributed by atoms with Crippen molar-refractivity contribution in [2.45, 2.75) is 6.54 Å². The van der Waals surface area contributed by atoms with Gasteiger partial charge in [0.1, 0.15) is 5.69 Å². The number of fused-ring (bicyclic) bond motifs is 1. The monoisotopic (exact) mass is 270 g/mol. The lowest BCUT2D eigenvalue weighted by atomic mass is 10.2. The lowest BCUT2D eigenvalue weighted by Crippen LogP contribution is -2.10. The number of halogens is 1. The molecule has 3 aromatic rings. The second-order valence-electron chi connectivity index (χ2n) is 4.43. The first-order valence-electron chi connectivity index (χ1n) is 6.08. The quantitative estimate of drug-likeness (QED) is 0.744. The van der Waals surface area contributed by atoms with Crippen LogP contribution in [0.1, 0.15) is 16.1 Å². The van der Waals surface area contributed by atoms with Crippen molar-refractivity contribution in [3.8, 4) is 0 Å². The third-order valence-corrected chi connectivity index (χ3v) is 3.19. The molecule has 0 bridgehead atoms. The molecule has 0 unspecified atom stereocenters. The smallest absolute Gasteiger partial charge is 0.352 e. The number of pyridine rings is 1. The van der Waals surface area contributed by atoms with E-state index < -0.39 is 11.9 Å². The topological polar surface area (TPSA) is 55.1 Å². The molecule has 0 spiro atoms. The predicted molar refractivity (Wildman–Crippen MR) is 72.2 cm³/mol. The maximum Gasteiger partial charge on any atom is 0.352 e. The Balaban J connectivity index is 2.17. The Bertz CT molecular complexity index is 795. The molecule has 20 heavy (non-hydrogen) atoms. The summed E-state index contributed by atoms with van der Waals surface area (Å²) in [7, 11) is 0. The fourth-order valence-corrected chi connectivity index (χ4v) is 2.27. The van der Waals surface area contributed by atoms with E-state index in [4.69, 9.17) is 0 Å². The number of carboxylic acid groups (broad SMARTS) is 1. The van der Waals surface area contributed by atoms with Crippen LogP contribution in [0.25, 0.3) is 10.9 Å². The lowest BCUT2D eigenvalue weighted by molar-refractivity contribution is 0.0686. The fraction of sp³-hybridized carbons (Fsp3) is 0.0667. The van der Waals surface area contributed by atoms with Gasteiger partial charge in [-0.15, -0.1) is 0 Å². The maximum atomic E-state index is 13.6. The minimum Gasteiger partial charge on any atom is -0.477 e. The zero-order chi connectivity index (χ0) is 14.1. The molecular formula is C15H11FN2O2. The van der Waals surface area contributed by atoms with Gasteiger partial charge in [0.05, 0.1) is 6.54 Å². The Morgan fingerprint density at radius 1 is 1.25 bits per heavy atom. The second-order valence-corrected chi connectivity index (χ2v) is 4.43. The molecular weight excluding hydrogens is 259 g/mol. The molecule has 0 aliphatic carbocycles. The molecule has 1 N–H and O–H groups in total. The average molecular weight is 270 g/mol. The molecule has 1 aromatic carbocycles. The van der Waals surface area contributed by atoms with Gasteiger partial charge in [-0.3, -0.25) is 0 Å². The van der Waals surface area contributed by atoms with Gasteiger partial charge in [-0.05, 0) is 18.2 Å². The highest BCUT2D eigenvalue weighted by Gasteiger charge is 2.15. The number of aromatic carboxylic acids is 1. The molecule has 100 valence electrons. The van der Waals surface area contributed by atoms with Crippen molar-refractivity contribution in [2.75, 3.05) is 0 Å². The Morgan fingerprint density at radius 2 is 2.05 bits per heavy atom. The standard InChI is InChI=1S/C15H11FN2O2/c16-14-11(5-3-7-17-14)9-18-12-6-2-1-4-10(12)8-13(18)15(19)20/h1-8H,9H2,(H,19,20). The summed E-state index contributed by atoms with van der Waals surface area (Å²) in [6.07, 6.45) is 1.37. The number of para-hydroxylation sites is 1. The number of aromatic nitrogens is 2. The molecule has 0 radical (unpaired) electrons. The number of nitrogens with zero attached hydrogens (tertiary/aromatic N) is 2. The van der Waals surface area contributed by atoms with Crippen LogP contribution >= 0.6 is 0 Å². The molecule has 0 atom stereocenters. The summed E-state index contributed by atoms with van der Waals surface area (Å²) in [4.78, 5) is 14.9. The molecule has 2 aromatic heterocycles. The van der Waals surface area contributed by atoms with Crippen LogP contribution in [0.5, 0.6) is 0 Å². The van der Waals surface area contributed by atoms with Crippen LogP contribution in [-0.4, -0.2) is 20.6 Å². The van der Waals surface area contributed by atoms with Gasteiger partial charge in [-0.1, -0.05) is 24.3 Å². The van der Waals surface area contributed by atoms with Gasteiger partial charge in [0, 0.05) is 22.7 Å². The zero-order valence-corrected chi connectivity index (χ0v) is 10.5. The van der Waals surface area contributed by atoms with Crippen molar-refractivity contribution in [1.29, 1.82) is 0 Å². The minimum absolute atomic E-state index is 0.134. The number of carboxylic acids is 1. The number of benzene rings is 1. The molecule has 5 heteroatoms.